The average Bonchev–Trinajstić information content (AvgIpc) is 3.03. The monoisotopic (exact) mass is 599 g/mol. The summed E-state index contributed by atoms with van der Waals surface area (Å²) in [6.07, 6.45) is 3.02. The smallest absolute Gasteiger partial charge is 0.251 e. The fraction of sp³-hybridized carbons (Fsp3) is 0.286. The van der Waals surface area contributed by atoms with Gasteiger partial charge in [0.2, 0.25) is 0 Å². The maximum Gasteiger partial charge on any atom is 0.251 e. The Hall–Kier alpha value is -3.88. The van der Waals surface area contributed by atoms with Crippen molar-refractivity contribution in [3.8, 4) is 11.1 Å². The summed E-state index contributed by atoms with van der Waals surface area (Å²) in [5.74, 6) is 0. The molecule has 4 rings (SSSR count). The van der Waals surface area contributed by atoms with Crippen LogP contribution in [0.1, 0.15) is 30.5 Å². The lowest BCUT2D eigenvalue weighted by atomic mass is 9.81. The SMILES string of the molecule is C=CN(C)/C(=C\N)C(O)(c1ccc(CNCCN(CC)CC)cc1)c1ccc2c(c1)c(-c1cccc(Cl)c1)cc(=O)n2C. The van der Waals surface area contributed by atoms with Gasteiger partial charge in [-0.15, -0.1) is 0 Å². The van der Waals surface area contributed by atoms with E-state index in [1.807, 2.05) is 60.7 Å². The number of aryl methyl sites for hydroxylation is 1. The highest BCUT2D eigenvalue weighted by Gasteiger charge is 2.38. The number of aliphatic hydroxyl groups is 1. The van der Waals surface area contributed by atoms with Gasteiger partial charge in [0.1, 0.15) is 0 Å². The minimum absolute atomic E-state index is 0.138. The molecule has 0 bridgehead atoms. The Morgan fingerprint density at radius 2 is 1.77 bits per heavy atom. The molecule has 0 saturated carbocycles. The van der Waals surface area contributed by atoms with Gasteiger partial charge in [0.15, 0.2) is 5.60 Å². The predicted octanol–water partition coefficient (Wildman–Crippen LogP) is 5.40. The Morgan fingerprint density at radius 1 is 1.07 bits per heavy atom. The van der Waals surface area contributed by atoms with E-state index < -0.39 is 5.60 Å². The zero-order valence-corrected chi connectivity index (χ0v) is 26.2. The van der Waals surface area contributed by atoms with Crippen LogP contribution in [-0.2, 0) is 19.2 Å². The third-order valence-electron chi connectivity index (χ3n) is 8.18. The Balaban J connectivity index is 1.81. The standard InChI is InChI=1S/C35H42ClN5O2/c1-6-39(4)33(23-37)35(43,27-14-12-25(13-15-27)24-38-18-19-41(7-2)8-3)28-16-17-32-31(21-28)30(22-34(42)40(32)5)26-10-9-11-29(36)20-26/h6,9-17,20-23,38,43H,1,7-8,18-19,24,37H2,2-5H3/b33-23-. The molecule has 226 valence electrons. The molecule has 0 aliphatic carbocycles. The minimum atomic E-state index is -1.62. The third kappa shape index (κ3) is 6.71. The number of halogens is 1. The first-order valence-electron chi connectivity index (χ1n) is 14.6. The van der Waals surface area contributed by atoms with Gasteiger partial charge in [0.05, 0.1) is 11.2 Å². The van der Waals surface area contributed by atoms with Crippen LogP contribution in [0.5, 0.6) is 0 Å². The van der Waals surface area contributed by atoms with Crippen molar-refractivity contribution in [2.45, 2.75) is 26.0 Å². The van der Waals surface area contributed by atoms with Crippen molar-refractivity contribution < 1.29 is 5.11 Å². The molecule has 7 nitrogen and oxygen atoms in total. The zero-order chi connectivity index (χ0) is 31.1. The molecule has 0 amide bonds. The normalized spacial score (nSPS) is 13.3. The van der Waals surface area contributed by atoms with E-state index in [0.29, 0.717) is 21.8 Å². The number of nitrogens with one attached hydrogen (secondary N) is 1. The Bertz CT molecular complexity index is 1660. The number of rotatable bonds is 13. The van der Waals surface area contributed by atoms with Crippen LogP contribution in [0.4, 0.5) is 0 Å². The van der Waals surface area contributed by atoms with Crippen LogP contribution in [0.3, 0.4) is 0 Å². The number of benzene rings is 3. The van der Waals surface area contributed by atoms with Crippen LogP contribution in [0, 0.1) is 0 Å². The molecule has 0 spiro atoms. The molecule has 4 aromatic rings. The van der Waals surface area contributed by atoms with E-state index >= 15 is 0 Å². The van der Waals surface area contributed by atoms with Gasteiger partial charge in [-0.25, -0.2) is 0 Å². The van der Waals surface area contributed by atoms with E-state index in [-0.39, 0.29) is 5.56 Å². The van der Waals surface area contributed by atoms with Crippen LogP contribution < -0.4 is 16.6 Å². The van der Waals surface area contributed by atoms with E-state index in [2.05, 4.69) is 30.6 Å². The summed E-state index contributed by atoms with van der Waals surface area (Å²) in [7, 11) is 3.54. The number of aromatic nitrogens is 1. The van der Waals surface area contributed by atoms with Crippen molar-refractivity contribution in [2.75, 3.05) is 33.2 Å². The number of fused-ring (bicyclic) bond motifs is 1. The highest BCUT2D eigenvalue weighted by Crippen LogP contribution is 2.40. The Kier molecular flexibility index (Phi) is 10.5. The summed E-state index contributed by atoms with van der Waals surface area (Å²) >= 11 is 6.33. The van der Waals surface area contributed by atoms with Crippen LogP contribution in [0.2, 0.25) is 5.02 Å². The van der Waals surface area contributed by atoms with Crippen molar-refractivity contribution in [3.63, 3.8) is 0 Å². The second-order valence-electron chi connectivity index (χ2n) is 10.7. The molecular formula is C35H42ClN5O2. The van der Waals surface area contributed by atoms with Gasteiger partial charge in [0, 0.05) is 56.4 Å². The van der Waals surface area contributed by atoms with Gasteiger partial charge in [-0.2, -0.15) is 0 Å². The van der Waals surface area contributed by atoms with Crippen LogP contribution in [0.25, 0.3) is 22.0 Å². The second-order valence-corrected chi connectivity index (χ2v) is 11.1. The molecule has 8 heteroatoms. The Morgan fingerprint density at radius 3 is 2.40 bits per heavy atom. The zero-order valence-electron chi connectivity index (χ0n) is 25.5. The molecule has 0 radical (unpaired) electrons. The molecule has 0 saturated heterocycles. The number of hydrogen-bond donors (Lipinski definition) is 3. The lowest BCUT2D eigenvalue weighted by Gasteiger charge is -2.36. The maximum absolute atomic E-state index is 12.9. The van der Waals surface area contributed by atoms with Crippen molar-refractivity contribution >= 4 is 22.5 Å². The maximum atomic E-state index is 12.9. The molecule has 1 aromatic heterocycles. The van der Waals surface area contributed by atoms with E-state index in [0.717, 1.165) is 60.3 Å². The van der Waals surface area contributed by atoms with Crippen molar-refractivity contribution in [2.24, 2.45) is 12.8 Å². The fourth-order valence-corrected chi connectivity index (χ4v) is 5.70. The number of hydrogen-bond acceptors (Lipinski definition) is 6. The first-order chi connectivity index (χ1) is 20.7. The number of pyridine rings is 1. The molecular weight excluding hydrogens is 558 g/mol. The third-order valence-corrected chi connectivity index (χ3v) is 8.42. The molecule has 1 unspecified atom stereocenters. The lowest BCUT2D eigenvalue weighted by molar-refractivity contribution is 0.0968. The van der Waals surface area contributed by atoms with Gasteiger partial charge in [-0.3, -0.25) is 4.79 Å². The summed E-state index contributed by atoms with van der Waals surface area (Å²) in [5, 5.41) is 17.6. The summed E-state index contributed by atoms with van der Waals surface area (Å²) in [6, 6.07) is 22.6. The number of likely N-dealkylation sites (N-methyl/N-ethyl adjacent to an activating group) is 2. The number of nitrogens with zero attached hydrogens (tertiary/aromatic N) is 3. The summed E-state index contributed by atoms with van der Waals surface area (Å²) in [4.78, 5) is 17.0. The van der Waals surface area contributed by atoms with Gasteiger partial charge in [0.25, 0.3) is 5.56 Å². The van der Waals surface area contributed by atoms with Crippen molar-refractivity contribution in [1.29, 1.82) is 0 Å². The van der Waals surface area contributed by atoms with Gasteiger partial charge in [-0.05, 0) is 71.4 Å². The lowest BCUT2D eigenvalue weighted by Crippen LogP contribution is -2.37. The summed E-state index contributed by atoms with van der Waals surface area (Å²) in [6.45, 7) is 12.9. The second kappa shape index (κ2) is 14.1. The molecule has 0 aliphatic heterocycles. The molecule has 43 heavy (non-hydrogen) atoms. The summed E-state index contributed by atoms with van der Waals surface area (Å²) < 4.78 is 1.60. The fourth-order valence-electron chi connectivity index (χ4n) is 5.51. The molecule has 4 N–H and O–H groups in total. The average molecular weight is 600 g/mol. The summed E-state index contributed by atoms with van der Waals surface area (Å²) in [5.41, 5.74) is 9.49. The molecule has 1 heterocycles. The van der Waals surface area contributed by atoms with Crippen LogP contribution >= 0.6 is 11.6 Å². The predicted molar refractivity (Wildman–Crippen MR) is 179 cm³/mol. The van der Waals surface area contributed by atoms with Gasteiger partial charge in [-0.1, -0.05) is 74.5 Å². The van der Waals surface area contributed by atoms with Gasteiger partial charge < -0.3 is 30.5 Å². The molecule has 3 aromatic carbocycles. The topological polar surface area (TPSA) is 86.8 Å². The van der Waals surface area contributed by atoms with E-state index in [1.54, 1.807) is 41.9 Å². The van der Waals surface area contributed by atoms with Crippen molar-refractivity contribution in [1.82, 2.24) is 19.7 Å². The molecule has 0 aliphatic rings. The molecule has 0 fully saturated rings. The van der Waals surface area contributed by atoms with Gasteiger partial charge >= 0.3 is 0 Å². The first kappa shape index (κ1) is 32.0. The highest BCUT2D eigenvalue weighted by atomic mass is 35.5. The largest absolute Gasteiger partial charge is 0.403 e. The number of nitrogens with two attached hydrogens (primary N) is 1. The highest BCUT2D eigenvalue weighted by molar-refractivity contribution is 6.30. The van der Waals surface area contributed by atoms with Crippen molar-refractivity contribution in [3.05, 3.63) is 130 Å². The minimum Gasteiger partial charge on any atom is -0.403 e. The quantitative estimate of drug-likeness (QED) is 0.178. The van der Waals surface area contributed by atoms with Crippen LogP contribution in [-0.4, -0.2) is 52.7 Å². The van der Waals surface area contributed by atoms with E-state index in [9.17, 15) is 9.90 Å². The Labute approximate surface area is 259 Å². The van der Waals surface area contributed by atoms with E-state index in [1.165, 1.54) is 6.20 Å². The van der Waals surface area contributed by atoms with Crippen LogP contribution in [0.15, 0.2) is 102 Å². The molecule has 1 atom stereocenters. The first-order valence-corrected chi connectivity index (χ1v) is 15.0. The van der Waals surface area contributed by atoms with E-state index in [4.69, 9.17) is 17.3 Å².